The van der Waals surface area contributed by atoms with Crippen LogP contribution in [0.2, 0.25) is 0 Å². The van der Waals surface area contributed by atoms with Gasteiger partial charge in [0.05, 0.1) is 17.7 Å². The van der Waals surface area contributed by atoms with Gasteiger partial charge in [-0.25, -0.2) is 0 Å². The summed E-state index contributed by atoms with van der Waals surface area (Å²) in [5, 5.41) is 11.8. The first-order chi connectivity index (χ1) is 12.6. The Hall–Kier alpha value is -2.84. The zero-order valence-electron chi connectivity index (χ0n) is 15.3. The fourth-order valence-corrected chi connectivity index (χ4v) is 3.31. The summed E-state index contributed by atoms with van der Waals surface area (Å²) in [6.45, 7) is 7.63. The highest BCUT2D eigenvalue weighted by Gasteiger charge is 2.26. The third kappa shape index (κ3) is 4.04. The van der Waals surface area contributed by atoms with Gasteiger partial charge in [0.2, 0.25) is 5.91 Å². The molecule has 134 valence electrons. The van der Waals surface area contributed by atoms with E-state index in [1.165, 1.54) is 11.3 Å². The third-order valence-corrected chi connectivity index (χ3v) is 4.98. The molecule has 1 saturated heterocycles. The van der Waals surface area contributed by atoms with Crippen molar-refractivity contribution in [3.8, 4) is 6.07 Å². The van der Waals surface area contributed by atoms with Gasteiger partial charge < -0.3 is 10.2 Å². The smallest absolute Gasteiger partial charge is 0.241 e. The van der Waals surface area contributed by atoms with Crippen LogP contribution in [0.5, 0.6) is 0 Å². The molecule has 0 radical (unpaired) electrons. The number of anilines is 2. The van der Waals surface area contributed by atoms with E-state index in [-0.39, 0.29) is 11.9 Å². The van der Waals surface area contributed by atoms with Crippen molar-refractivity contribution in [3.05, 3.63) is 59.7 Å². The molecule has 0 saturated carbocycles. The molecule has 3 rings (SSSR count). The highest BCUT2D eigenvalue weighted by molar-refractivity contribution is 5.94. The maximum Gasteiger partial charge on any atom is 0.241 e. The van der Waals surface area contributed by atoms with Crippen molar-refractivity contribution in [2.24, 2.45) is 0 Å². The second-order valence-electron chi connectivity index (χ2n) is 6.66. The minimum Gasteiger partial charge on any atom is -0.369 e. The molecular weight excluding hydrogens is 324 g/mol. The van der Waals surface area contributed by atoms with Crippen molar-refractivity contribution in [1.82, 2.24) is 4.90 Å². The molecule has 1 heterocycles. The number of hydrogen-bond donors (Lipinski definition) is 1. The Bertz CT molecular complexity index is 802. The molecule has 0 unspecified atom stereocenters. The summed E-state index contributed by atoms with van der Waals surface area (Å²) in [4.78, 5) is 17.1. The summed E-state index contributed by atoms with van der Waals surface area (Å²) >= 11 is 0. The number of nitriles is 1. The first kappa shape index (κ1) is 18.0. The van der Waals surface area contributed by atoms with Crippen LogP contribution in [0.15, 0.2) is 48.5 Å². The Balaban J connectivity index is 1.55. The fourth-order valence-electron chi connectivity index (χ4n) is 3.31. The highest BCUT2D eigenvalue weighted by Crippen LogP contribution is 2.21. The second-order valence-corrected chi connectivity index (χ2v) is 6.66. The van der Waals surface area contributed by atoms with Crippen molar-refractivity contribution in [2.45, 2.75) is 19.9 Å². The van der Waals surface area contributed by atoms with Crippen LogP contribution >= 0.6 is 0 Å². The fraction of sp³-hybridized carbons (Fsp3) is 0.333. The molecule has 26 heavy (non-hydrogen) atoms. The summed E-state index contributed by atoms with van der Waals surface area (Å²) in [6.07, 6.45) is 0. The maximum absolute atomic E-state index is 12.5. The molecule has 0 aromatic heterocycles. The first-order valence-corrected chi connectivity index (χ1v) is 8.94. The molecule has 5 heteroatoms. The number of benzene rings is 2. The van der Waals surface area contributed by atoms with Gasteiger partial charge in [-0.1, -0.05) is 18.2 Å². The maximum atomic E-state index is 12.5. The van der Waals surface area contributed by atoms with Crippen molar-refractivity contribution in [3.63, 3.8) is 0 Å². The summed E-state index contributed by atoms with van der Waals surface area (Å²) in [5.74, 6) is -0.0148. The quantitative estimate of drug-likeness (QED) is 0.923. The Labute approximate surface area is 154 Å². The van der Waals surface area contributed by atoms with E-state index < -0.39 is 0 Å². The number of aryl methyl sites for hydroxylation is 1. The Morgan fingerprint density at radius 2 is 1.73 bits per heavy atom. The van der Waals surface area contributed by atoms with Crippen LogP contribution in [0.4, 0.5) is 11.4 Å². The Morgan fingerprint density at radius 1 is 1.08 bits per heavy atom. The average molecular weight is 348 g/mol. The molecule has 0 aliphatic carbocycles. The number of nitrogens with one attached hydrogen (secondary N) is 1. The number of nitrogens with zero attached hydrogens (tertiary/aromatic N) is 3. The lowest BCUT2D eigenvalue weighted by atomic mass is 10.1. The van der Waals surface area contributed by atoms with Crippen LogP contribution < -0.4 is 10.2 Å². The number of amides is 1. The van der Waals surface area contributed by atoms with Gasteiger partial charge in [0.1, 0.15) is 0 Å². The van der Waals surface area contributed by atoms with E-state index in [0.29, 0.717) is 5.56 Å². The molecule has 1 fully saturated rings. The van der Waals surface area contributed by atoms with Gasteiger partial charge in [-0.15, -0.1) is 0 Å². The van der Waals surface area contributed by atoms with E-state index in [2.05, 4.69) is 52.4 Å². The minimum atomic E-state index is -0.190. The third-order valence-electron chi connectivity index (χ3n) is 4.98. The largest absolute Gasteiger partial charge is 0.369 e. The van der Waals surface area contributed by atoms with Crippen LogP contribution in [-0.2, 0) is 4.79 Å². The number of rotatable bonds is 4. The van der Waals surface area contributed by atoms with Crippen LogP contribution in [0.25, 0.3) is 0 Å². The summed E-state index contributed by atoms with van der Waals surface area (Å²) in [6, 6.07) is 17.3. The summed E-state index contributed by atoms with van der Waals surface area (Å²) in [5.41, 5.74) is 3.87. The minimum absolute atomic E-state index is 0.0148. The highest BCUT2D eigenvalue weighted by atomic mass is 16.2. The first-order valence-electron chi connectivity index (χ1n) is 8.94. The Morgan fingerprint density at radius 3 is 2.35 bits per heavy atom. The standard InChI is InChI=1S/C21H24N4O/c1-16-5-3-4-6-20(16)25-13-11-24(12-14-25)17(2)21(26)23-19-9-7-18(15-22)8-10-19/h3-10,17H,11-14H2,1-2H3,(H,23,26)/t17-/m0/s1. The molecule has 1 atom stereocenters. The molecule has 2 aromatic rings. The lowest BCUT2D eigenvalue weighted by Gasteiger charge is -2.39. The van der Waals surface area contributed by atoms with Crippen molar-refractivity contribution >= 4 is 17.3 Å². The molecule has 1 N–H and O–H groups in total. The SMILES string of the molecule is Cc1ccccc1N1CCN([C@@H](C)C(=O)Nc2ccc(C#N)cc2)CC1. The summed E-state index contributed by atoms with van der Waals surface area (Å²) < 4.78 is 0. The zero-order chi connectivity index (χ0) is 18.5. The van der Waals surface area contributed by atoms with Crippen LogP contribution in [0, 0.1) is 18.3 Å². The van der Waals surface area contributed by atoms with Gasteiger partial charge in [0, 0.05) is 37.6 Å². The zero-order valence-corrected chi connectivity index (χ0v) is 15.3. The van der Waals surface area contributed by atoms with E-state index >= 15 is 0 Å². The lowest BCUT2D eigenvalue weighted by molar-refractivity contribution is -0.120. The normalized spacial score (nSPS) is 16.0. The molecule has 5 nitrogen and oxygen atoms in total. The van der Waals surface area contributed by atoms with E-state index in [1.54, 1.807) is 24.3 Å². The molecule has 1 aliphatic heterocycles. The van der Waals surface area contributed by atoms with E-state index in [4.69, 9.17) is 5.26 Å². The topological polar surface area (TPSA) is 59.4 Å². The van der Waals surface area contributed by atoms with Crippen molar-refractivity contribution < 1.29 is 4.79 Å². The van der Waals surface area contributed by atoms with Crippen LogP contribution in [-0.4, -0.2) is 43.0 Å². The monoisotopic (exact) mass is 348 g/mol. The molecule has 2 aromatic carbocycles. The van der Waals surface area contributed by atoms with E-state index in [0.717, 1.165) is 31.9 Å². The summed E-state index contributed by atoms with van der Waals surface area (Å²) in [7, 11) is 0. The predicted octanol–water partition coefficient (Wildman–Crippen LogP) is 3.02. The van der Waals surface area contributed by atoms with Gasteiger partial charge in [-0.2, -0.15) is 5.26 Å². The number of carbonyl (C=O) groups is 1. The molecule has 0 bridgehead atoms. The number of piperazine rings is 1. The van der Waals surface area contributed by atoms with E-state index in [1.807, 2.05) is 6.92 Å². The molecule has 0 spiro atoms. The number of carbonyl (C=O) groups excluding carboxylic acids is 1. The van der Waals surface area contributed by atoms with Crippen LogP contribution in [0.3, 0.4) is 0 Å². The van der Waals surface area contributed by atoms with Crippen molar-refractivity contribution in [2.75, 3.05) is 36.4 Å². The van der Waals surface area contributed by atoms with Crippen LogP contribution in [0.1, 0.15) is 18.1 Å². The lowest BCUT2D eigenvalue weighted by Crippen LogP contribution is -2.53. The van der Waals surface area contributed by atoms with Gasteiger partial charge in [-0.05, 0) is 49.7 Å². The van der Waals surface area contributed by atoms with Gasteiger partial charge in [-0.3, -0.25) is 9.69 Å². The van der Waals surface area contributed by atoms with E-state index in [9.17, 15) is 4.79 Å². The average Bonchev–Trinajstić information content (AvgIpc) is 2.68. The molecule has 1 aliphatic rings. The number of hydrogen-bond acceptors (Lipinski definition) is 4. The Kier molecular flexibility index (Phi) is 5.55. The second kappa shape index (κ2) is 8.03. The molecule has 1 amide bonds. The van der Waals surface area contributed by atoms with Crippen molar-refractivity contribution in [1.29, 1.82) is 5.26 Å². The predicted molar refractivity (Wildman–Crippen MR) is 104 cm³/mol. The number of para-hydroxylation sites is 1. The van der Waals surface area contributed by atoms with Gasteiger partial charge in [0.15, 0.2) is 0 Å². The van der Waals surface area contributed by atoms with Gasteiger partial charge in [0.25, 0.3) is 0 Å². The molecular formula is C21H24N4O. The van der Waals surface area contributed by atoms with Gasteiger partial charge >= 0.3 is 0 Å².